The lowest BCUT2D eigenvalue weighted by molar-refractivity contribution is -0.221. The van der Waals surface area contributed by atoms with Crippen molar-refractivity contribution in [1.29, 1.82) is 0 Å². The van der Waals surface area contributed by atoms with Crippen LogP contribution < -0.4 is 5.32 Å². The van der Waals surface area contributed by atoms with E-state index in [1.165, 1.54) is 62.5 Å². The number of carboxylic acid groups (broad SMARTS) is 1. The van der Waals surface area contributed by atoms with Crippen molar-refractivity contribution in [2.24, 2.45) is 69.0 Å². The molecular formula is C42H64N2O4S. The minimum atomic E-state index is -2.85. The molecule has 5 saturated carbocycles. The first-order valence-electron chi connectivity index (χ1n) is 20.0. The Morgan fingerprint density at radius 3 is 2.37 bits per heavy atom. The van der Waals surface area contributed by atoms with Crippen LogP contribution in [0.2, 0.25) is 0 Å². The van der Waals surface area contributed by atoms with E-state index in [2.05, 4.69) is 70.5 Å². The van der Waals surface area contributed by atoms with E-state index in [4.69, 9.17) is 0 Å². The Labute approximate surface area is 296 Å². The monoisotopic (exact) mass is 692 g/mol. The minimum absolute atomic E-state index is 0.105. The van der Waals surface area contributed by atoms with Gasteiger partial charge in [-0.3, -0.25) is 4.79 Å². The third kappa shape index (κ3) is 4.96. The van der Waals surface area contributed by atoms with E-state index in [-0.39, 0.29) is 28.2 Å². The predicted molar refractivity (Wildman–Crippen MR) is 197 cm³/mol. The van der Waals surface area contributed by atoms with Crippen LogP contribution in [0.1, 0.15) is 106 Å². The Balaban J connectivity index is 1.04. The first-order chi connectivity index (χ1) is 23.0. The molecule has 0 aromatic rings. The van der Waals surface area contributed by atoms with Crippen molar-refractivity contribution in [1.82, 2.24) is 10.2 Å². The van der Waals surface area contributed by atoms with E-state index >= 15 is 0 Å². The van der Waals surface area contributed by atoms with Crippen molar-refractivity contribution in [3.63, 3.8) is 0 Å². The van der Waals surface area contributed by atoms with Crippen molar-refractivity contribution in [3.8, 4) is 0 Å². The third-order valence-electron chi connectivity index (χ3n) is 17.7. The van der Waals surface area contributed by atoms with Crippen LogP contribution >= 0.6 is 0 Å². The van der Waals surface area contributed by atoms with Crippen LogP contribution in [0.5, 0.6) is 0 Å². The summed E-state index contributed by atoms with van der Waals surface area (Å²) < 4.78 is 24.0. The summed E-state index contributed by atoms with van der Waals surface area (Å²) in [6.45, 7) is 23.3. The van der Waals surface area contributed by atoms with Gasteiger partial charge in [-0.2, -0.15) is 0 Å². The fraction of sp³-hybridized carbons (Fsp3) is 0.833. The Hall–Kier alpha value is -1.44. The standard InChI is InChI=1S/C42H64N2O4S/c1-26(2)28-10-15-42(43-18-19-44-20-22-49(47,48)23-21-44)17-16-40(6)32(36(28)42)8-9-34-39(5)13-11-31(27-24-29-30(25-27)35(29)37(45)46)38(3,4)33(39)12-14-41(34,40)7/h11,24,28-30,32-36,43H,1,8-10,12-23,25H2,2-7H3,(H,45,46)/t28-,29?,30?,32+,33-,34+,35+,36+,39-,40+,41+,42-/m0/s1. The lowest BCUT2D eigenvalue weighted by Crippen LogP contribution is -2.68. The van der Waals surface area contributed by atoms with E-state index < -0.39 is 15.8 Å². The highest BCUT2D eigenvalue weighted by molar-refractivity contribution is 7.91. The number of allylic oxidation sites excluding steroid dienone is 5. The summed E-state index contributed by atoms with van der Waals surface area (Å²) in [5, 5.41) is 13.8. The Bertz CT molecular complexity index is 1580. The fourth-order valence-corrected chi connectivity index (χ4v) is 16.3. The molecule has 0 aromatic heterocycles. The number of sulfone groups is 1. The normalized spacial score (nSPS) is 49.3. The van der Waals surface area contributed by atoms with Crippen LogP contribution in [-0.2, 0) is 14.6 Å². The number of aliphatic carboxylic acids is 1. The van der Waals surface area contributed by atoms with Crippen LogP contribution in [0.25, 0.3) is 0 Å². The number of carboxylic acids is 1. The van der Waals surface area contributed by atoms with Crippen LogP contribution in [-0.4, -0.2) is 67.6 Å². The summed E-state index contributed by atoms with van der Waals surface area (Å²) in [6.07, 6.45) is 17.4. The Morgan fingerprint density at radius 1 is 0.980 bits per heavy atom. The Kier molecular flexibility index (Phi) is 7.97. The van der Waals surface area contributed by atoms with Gasteiger partial charge in [0, 0.05) is 31.7 Å². The highest BCUT2D eigenvalue weighted by Gasteiger charge is 2.70. The van der Waals surface area contributed by atoms with E-state index in [0.717, 1.165) is 25.9 Å². The number of rotatable bonds is 7. The average molecular weight is 693 g/mol. The zero-order valence-corrected chi connectivity index (χ0v) is 32.1. The molecule has 0 radical (unpaired) electrons. The number of hydrogen-bond acceptors (Lipinski definition) is 5. The summed E-state index contributed by atoms with van der Waals surface area (Å²) in [5.74, 6) is 3.71. The summed E-state index contributed by atoms with van der Waals surface area (Å²) in [6, 6.07) is 0. The number of carbonyl (C=O) groups is 1. The maximum atomic E-state index is 12.0. The quantitative estimate of drug-likeness (QED) is 0.269. The van der Waals surface area contributed by atoms with E-state index in [1.54, 1.807) is 5.57 Å². The van der Waals surface area contributed by atoms with Crippen molar-refractivity contribution < 1.29 is 18.3 Å². The van der Waals surface area contributed by atoms with E-state index in [1.807, 2.05) is 0 Å². The number of nitrogens with zero attached hydrogens (tertiary/aromatic N) is 1. The van der Waals surface area contributed by atoms with Crippen LogP contribution in [0.15, 0.2) is 35.5 Å². The maximum Gasteiger partial charge on any atom is 0.307 e. The average Bonchev–Trinajstić information content (AvgIpc) is 3.32. The number of nitrogens with one attached hydrogen (secondary N) is 1. The van der Waals surface area contributed by atoms with Crippen molar-refractivity contribution in [3.05, 3.63) is 35.5 Å². The van der Waals surface area contributed by atoms with Crippen LogP contribution in [0.4, 0.5) is 0 Å². The molecule has 6 fully saturated rings. The molecule has 12 atom stereocenters. The molecule has 49 heavy (non-hydrogen) atoms. The number of fused-ring (bicyclic) bond motifs is 8. The van der Waals surface area contributed by atoms with Gasteiger partial charge in [-0.1, -0.05) is 58.9 Å². The van der Waals surface area contributed by atoms with Gasteiger partial charge in [0.1, 0.15) is 0 Å². The molecule has 8 rings (SSSR count). The second kappa shape index (κ2) is 11.3. The molecular weight excluding hydrogens is 629 g/mol. The Morgan fingerprint density at radius 2 is 1.71 bits per heavy atom. The molecule has 8 aliphatic rings. The van der Waals surface area contributed by atoms with Crippen LogP contribution in [0, 0.1) is 69.0 Å². The lowest BCUT2D eigenvalue weighted by atomic mass is 9.33. The summed E-state index contributed by atoms with van der Waals surface area (Å²) >= 11 is 0. The molecule has 0 bridgehead atoms. The van der Waals surface area contributed by atoms with E-state index in [0.29, 0.717) is 70.9 Å². The van der Waals surface area contributed by atoms with E-state index in [9.17, 15) is 18.3 Å². The highest BCUT2D eigenvalue weighted by atomic mass is 32.2. The van der Waals surface area contributed by atoms with Gasteiger partial charge >= 0.3 is 5.97 Å². The van der Waals surface area contributed by atoms with Gasteiger partial charge < -0.3 is 15.3 Å². The first kappa shape index (κ1) is 34.6. The van der Waals surface area contributed by atoms with Crippen LogP contribution in [0.3, 0.4) is 0 Å². The molecule has 1 aliphatic heterocycles. The van der Waals surface area contributed by atoms with Gasteiger partial charge in [-0.15, -0.1) is 0 Å². The van der Waals surface area contributed by atoms with Gasteiger partial charge in [-0.05, 0) is 145 Å². The number of hydrogen-bond donors (Lipinski definition) is 2. The molecule has 7 heteroatoms. The molecule has 0 aromatic carbocycles. The molecule has 272 valence electrons. The van der Waals surface area contributed by atoms with Gasteiger partial charge in [0.05, 0.1) is 17.4 Å². The molecule has 0 spiro atoms. The largest absolute Gasteiger partial charge is 0.481 e. The van der Waals surface area contributed by atoms with Gasteiger partial charge in [0.25, 0.3) is 0 Å². The summed E-state index contributed by atoms with van der Waals surface area (Å²) in [7, 11) is -2.85. The molecule has 1 heterocycles. The molecule has 2 unspecified atom stereocenters. The van der Waals surface area contributed by atoms with Gasteiger partial charge in [0.2, 0.25) is 0 Å². The second-order valence-electron chi connectivity index (χ2n) is 19.8. The zero-order valence-electron chi connectivity index (χ0n) is 31.3. The van der Waals surface area contributed by atoms with Crippen molar-refractivity contribution >= 4 is 15.8 Å². The highest BCUT2D eigenvalue weighted by Crippen LogP contribution is 2.77. The first-order valence-corrected chi connectivity index (χ1v) is 21.8. The SMILES string of the molecule is C=C(C)[C@@H]1CC[C@]2(NCCN3CCS(=O)(=O)CC3)CC[C@]3(C)[C@H](CC[C@@H]4[C@@]5(C)CC=C(C6=CC7C(C6)[C@@H]7C(=O)O)C(C)(C)[C@@H]5CC[C@]43C)[C@@H]12. The third-order valence-corrected chi connectivity index (χ3v) is 19.3. The summed E-state index contributed by atoms with van der Waals surface area (Å²) in [5.41, 5.74) is 5.54. The molecule has 1 saturated heterocycles. The zero-order chi connectivity index (χ0) is 34.9. The molecule has 6 nitrogen and oxygen atoms in total. The van der Waals surface area contributed by atoms with Gasteiger partial charge in [-0.25, -0.2) is 8.42 Å². The lowest BCUT2D eigenvalue weighted by Gasteiger charge is -2.72. The molecule has 2 N–H and O–H groups in total. The van der Waals surface area contributed by atoms with Crippen molar-refractivity contribution in [2.75, 3.05) is 37.7 Å². The van der Waals surface area contributed by atoms with Gasteiger partial charge in [0.15, 0.2) is 9.84 Å². The fourth-order valence-electron chi connectivity index (χ4n) is 15.0. The molecule has 7 aliphatic carbocycles. The second-order valence-corrected chi connectivity index (χ2v) is 22.1. The molecule has 0 amide bonds. The smallest absolute Gasteiger partial charge is 0.307 e. The maximum absolute atomic E-state index is 12.0. The predicted octanol–water partition coefficient (Wildman–Crippen LogP) is 7.53. The summed E-state index contributed by atoms with van der Waals surface area (Å²) in [4.78, 5) is 14.0. The van der Waals surface area contributed by atoms with Crippen molar-refractivity contribution in [2.45, 2.75) is 111 Å². The topological polar surface area (TPSA) is 86.7 Å². The minimum Gasteiger partial charge on any atom is -0.481 e.